The van der Waals surface area contributed by atoms with E-state index in [9.17, 15) is 9.59 Å². The summed E-state index contributed by atoms with van der Waals surface area (Å²) in [6.07, 6.45) is 1.73. The minimum absolute atomic E-state index is 0.194. The predicted octanol–water partition coefficient (Wildman–Crippen LogP) is 4.41. The van der Waals surface area contributed by atoms with Crippen molar-refractivity contribution in [1.29, 1.82) is 0 Å². The molecule has 32 heavy (non-hydrogen) atoms. The van der Waals surface area contributed by atoms with Gasteiger partial charge in [0.05, 0.1) is 17.7 Å². The molecule has 2 aromatic carbocycles. The van der Waals surface area contributed by atoms with Gasteiger partial charge in [-0.1, -0.05) is 30.0 Å². The fraction of sp³-hybridized carbons (Fsp3) is 0.261. The normalized spacial score (nSPS) is 14.7. The standard InChI is InChI=1S/C23H24N2O5S2/c1-4-24(5-2)16-7-9-17(10-8-16)25-22(28)20(32-23(25)31)13-15-6-11-18(19(12-15)29-3)30-14-21(26)27/h6-13H,4-5,14H2,1-3H3,(H,26,27)/b20-13+. The lowest BCUT2D eigenvalue weighted by molar-refractivity contribution is -0.139. The summed E-state index contributed by atoms with van der Waals surface area (Å²) in [6, 6.07) is 12.8. The van der Waals surface area contributed by atoms with Crippen molar-refractivity contribution in [2.24, 2.45) is 0 Å². The first kappa shape index (κ1) is 23.6. The third-order valence-electron chi connectivity index (χ3n) is 4.87. The van der Waals surface area contributed by atoms with Gasteiger partial charge in [0.15, 0.2) is 22.4 Å². The van der Waals surface area contributed by atoms with Crippen LogP contribution in [0.5, 0.6) is 11.5 Å². The average molecular weight is 473 g/mol. The van der Waals surface area contributed by atoms with Gasteiger partial charge < -0.3 is 19.5 Å². The number of anilines is 2. The van der Waals surface area contributed by atoms with E-state index in [-0.39, 0.29) is 5.91 Å². The van der Waals surface area contributed by atoms with Gasteiger partial charge in [0, 0.05) is 18.8 Å². The molecule has 1 amide bonds. The van der Waals surface area contributed by atoms with Crippen LogP contribution in [-0.2, 0) is 9.59 Å². The number of aliphatic carboxylic acids is 1. The minimum Gasteiger partial charge on any atom is -0.493 e. The molecule has 0 spiro atoms. The molecule has 0 aromatic heterocycles. The number of methoxy groups -OCH3 is 1. The Hall–Kier alpha value is -3.04. The molecule has 0 atom stereocenters. The molecule has 0 saturated carbocycles. The molecule has 1 aliphatic heterocycles. The first-order chi connectivity index (χ1) is 15.4. The number of carboxylic acids is 1. The molecule has 0 aliphatic carbocycles. The Labute approximate surface area is 196 Å². The maximum Gasteiger partial charge on any atom is 0.341 e. The van der Waals surface area contributed by atoms with Crippen molar-refractivity contribution < 1.29 is 24.2 Å². The first-order valence-electron chi connectivity index (χ1n) is 10.0. The molecule has 1 aliphatic rings. The summed E-state index contributed by atoms with van der Waals surface area (Å²) >= 11 is 6.70. The Kier molecular flexibility index (Phi) is 7.76. The molecule has 1 fully saturated rings. The van der Waals surface area contributed by atoms with Crippen LogP contribution in [0.4, 0.5) is 11.4 Å². The van der Waals surface area contributed by atoms with Crippen LogP contribution in [-0.4, -0.2) is 48.1 Å². The fourth-order valence-corrected chi connectivity index (χ4v) is 4.57. The van der Waals surface area contributed by atoms with Gasteiger partial charge in [-0.3, -0.25) is 9.69 Å². The lowest BCUT2D eigenvalue weighted by Crippen LogP contribution is -2.27. The number of nitrogens with zero attached hydrogens (tertiary/aromatic N) is 2. The molecular weight excluding hydrogens is 448 g/mol. The van der Waals surface area contributed by atoms with Crippen molar-refractivity contribution in [3.63, 3.8) is 0 Å². The Balaban J connectivity index is 1.81. The van der Waals surface area contributed by atoms with Crippen molar-refractivity contribution >= 4 is 57.6 Å². The highest BCUT2D eigenvalue weighted by Crippen LogP contribution is 2.37. The number of amides is 1. The van der Waals surface area contributed by atoms with Crippen molar-refractivity contribution in [1.82, 2.24) is 0 Å². The summed E-state index contributed by atoms with van der Waals surface area (Å²) in [4.78, 5) is 28.0. The van der Waals surface area contributed by atoms with E-state index < -0.39 is 12.6 Å². The highest BCUT2D eigenvalue weighted by atomic mass is 32.2. The second kappa shape index (κ2) is 10.5. The number of thiocarbonyl (C=S) groups is 1. The van der Waals surface area contributed by atoms with E-state index in [1.165, 1.54) is 23.8 Å². The number of benzene rings is 2. The molecule has 2 aromatic rings. The van der Waals surface area contributed by atoms with Crippen LogP contribution in [0, 0.1) is 0 Å². The van der Waals surface area contributed by atoms with Gasteiger partial charge >= 0.3 is 5.97 Å². The number of thioether (sulfide) groups is 1. The molecule has 3 rings (SSSR count). The topological polar surface area (TPSA) is 79.3 Å². The van der Waals surface area contributed by atoms with Gasteiger partial charge in [-0.05, 0) is 61.9 Å². The zero-order chi connectivity index (χ0) is 23.3. The van der Waals surface area contributed by atoms with E-state index in [1.807, 2.05) is 24.3 Å². The summed E-state index contributed by atoms with van der Waals surface area (Å²) < 4.78 is 11.0. The number of carboxylic acid groups (broad SMARTS) is 1. The highest BCUT2D eigenvalue weighted by molar-refractivity contribution is 8.27. The Morgan fingerprint density at radius 1 is 1.16 bits per heavy atom. The van der Waals surface area contributed by atoms with E-state index in [4.69, 9.17) is 26.8 Å². The largest absolute Gasteiger partial charge is 0.493 e. The third kappa shape index (κ3) is 5.23. The second-order valence-corrected chi connectivity index (χ2v) is 8.47. The third-order valence-corrected chi connectivity index (χ3v) is 6.17. The van der Waals surface area contributed by atoms with Gasteiger partial charge in [-0.15, -0.1) is 0 Å². The Morgan fingerprint density at radius 3 is 2.44 bits per heavy atom. The molecule has 1 saturated heterocycles. The van der Waals surface area contributed by atoms with E-state index in [2.05, 4.69) is 18.7 Å². The summed E-state index contributed by atoms with van der Waals surface area (Å²) in [5.41, 5.74) is 2.53. The smallest absolute Gasteiger partial charge is 0.341 e. The molecule has 1 heterocycles. The maximum atomic E-state index is 13.1. The molecular formula is C23H24N2O5S2. The van der Waals surface area contributed by atoms with Crippen LogP contribution in [0.3, 0.4) is 0 Å². The van der Waals surface area contributed by atoms with E-state index in [1.54, 1.807) is 24.3 Å². The second-order valence-electron chi connectivity index (χ2n) is 6.80. The lowest BCUT2D eigenvalue weighted by Gasteiger charge is -2.22. The van der Waals surface area contributed by atoms with Gasteiger partial charge in [-0.25, -0.2) is 4.79 Å². The summed E-state index contributed by atoms with van der Waals surface area (Å²) in [5, 5.41) is 8.79. The summed E-state index contributed by atoms with van der Waals surface area (Å²) in [6.45, 7) is 5.54. The van der Waals surface area contributed by atoms with Crippen molar-refractivity contribution in [3.8, 4) is 11.5 Å². The number of hydrogen-bond donors (Lipinski definition) is 1. The van der Waals surface area contributed by atoms with Gasteiger partial charge in [0.2, 0.25) is 0 Å². The average Bonchev–Trinajstić information content (AvgIpc) is 3.06. The van der Waals surface area contributed by atoms with E-state index in [0.29, 0.717) is 26.3 Å². The van der Waals surface area contributed by atoms with Crippen LogP contribution in [0.25, 0.3) is 6.08 Å². The number of carbonyl (C=O) groups is 2. The molecule has 1 N–H and O–H groups in total. The molecule has 0 unspecified atom stereocenters. The summed E-state index contributed by atoms with van der Waals surface area (Å²) in [7, 11) is 1.47. The quantitative estimate of drug-likeness (QED) is 0.425. The molecule has 9 heteroatoms. The Morgan fingerprint density at radius 2 is 1.84 bits per heavy atom. The van der Waals surface area contributed by atoms with Crippen LogP contribution >= 0.6 is 24.0 Å². The minimum atomic E-state index is -1.08. The SMILES string of the molecule is CCN(CC)c1ccc(N2C(=O)/C(=C\c3ccc(OCC(=O)O)c(OC)c3)SC2=S)cc1. The molecule has 0 bridgehead atoms. The zero-order valence-electron chi connectivity index (χ0n) is 18.0. The number of carbonyl (C=O) groups excluding carboxylic acids is 1. The first-order valence-corrected chi connectivity index (χ1v) is 11.3. The molecule has 7 nitrogen and oxygen atoms in total. The van der Waals surface area contributed by atoms with Crippen LogP contribution < -0.4 is 19.3 Å². The monoisotopic (exact) mass is 472 g/mol. The highest BCUT2D eigenvalue weighted by Gasteiger charge is 2.33. The van der Waals surface area contributed by atoms with Crippen LogP contribution in [0.15, 0.2) is 47.4 Å². The fourth-order valence-electron chi connectivity index (χ4n) is 3.28. The number of rotatable bonds is 9. The van der Waals surface area contributed by atoms with Crippen molar-refractivity contribution in [3.05, 3.63) is 52.9 Å². The summed E-state index contributed by atoms with van der Waals surface area (Å²) in [5.74, 6) is -0.582. The molecule has 168 valence electrons. The lowest BCUT2D eigenvalue weighted by atomic mass is 10.1. The predicted molar refractivity (Wildman–Crippen MR) is 132 cm³/mol. The van der Waals surface area contributed by atoms with Crippen molar-refractivity contribution in [2.75, 3.05) is 36.6 Å². The molecule has 0 radical (unpaired) electrons. The maximum absolute atomic E-state index is 13.1. The van der Waals surface area contributed by atoms with Gasteiger partial charge in [0.25, 0.3) is 5.91 Å². The van der Waals surface area contributed by atoms with Gasteiger partial charge in [-0.2, -0.15) is 0 Å². The number of ether oxygens (including phenoxy) is 2. The van der Waals surface area contributed by atoms with Crippen LogP contribution in [0.1, 0.15) is 19.4 Å². The van der Waals surface area contributed by atoms with Gasteiger partial charge in [0.1, 0.15) is 0 Å². The zero-order valence-corrected chi connectivity index (χ0v) is 19.7. The number of hydrogen-bond acceptors (Lipinski definition) is 7. The van der Waals surface area contributed by atoms with Crippen LogP contribution in [0.2, 0.25) is 0 Å². The van der Waals surface area contributed by atoms with Crippen molar-refractivity contribution in [2.45, 2.75) is 13.8 Å². The Bertz CT molecular complexity index is 1050. The van der Waals surface area contributed by atoms with E-state index >= 15 is 0 Å². The van der Waals surface area contributed by atoms with E-state index in [0.717, 1.165) is 24.5 Å².